The van der Waals surface area contributed by atoms with Gasteiger partial charge in [-0.15, -0.1) is 0 Å². The first kappa shape index (κ1) is 23.6. The normalized spacial score (nSPS) is 19.2. The van der Waals surface area contributed by atoms with Crippen LogP contribution in [0.15, 0.2) is 35.9 Å². The molecule has 1 aliphatic rings. The van der Waals surface area contributed by atoms with Crippen LogP contribution in [-0.2, 0) is 6.42 Å². The summed E-state index contributed by atoms with van der Waals surface area (Å²) in [5.41, 5.74) is 4.16. The van der Waals surface area contributed by atoms with Gasteiger partial charge in [0, 0.05) is 11.5 Å². The van der Waals surface area contributed by atoms with Crippen molar-refractivity contribution in [2.75, 3.05) is 0 Å². The predicted octanol–water partition coefficient (Wildman–Crippen LogP) is 8.19. The van der Waals surface area contributed by atoms with E-state index in [0.29, 0.717) is 5.56 Å². The predicted molar refractivity (Wildman–Crippen MR) is 125 cm³/mol. The monoisotopic (exact) mass is 398 g/mol. The second kappa shape index (κ2) is 12.1. The number of unbranched alkanes of at least 4 members (excludes halogenated alkanes) is 8. The fraction of sp³-hybridized carbons (Fsp3) is 0.630. The molecule has 0 aromatic heterocycles. The van der Waals surface area contributed by atoms with E-state index in [1.54, 1.807) is 0 Å². The molecule has 162 valence electrons. The van der Waals surface area contributed by atoms with Crippen molar-refractivity contribution in [2.45, 2.75) is 104 Å². The molecule has 0 unspecified atom stereocenters. The first-order valence-corrected chi connectivity index (χ1v) is 11.8. The molecule has 2 heteroatoms. The molecule has 0 bridgehead atoms. The Morgan fingerprint density at radius 2 is 1.52 bits per heavy atom. The number of benzene rings is 1. The molecule has 1 aliphatic carbocycles. The number of aromatic hydroxyl groups is 2. The number of rotatable bonds is 12. The number of allylic oxidation sites excluding steroid dienone is 3. The Hall–Kier alpha value is -1.70. The van der Waals surface area contributed by atoms with Gasteiger partial charge < -0.3 is 10.2 Å². The van der Waals surface area contributed by atoms with Crippen LogP contribution in [0.25, 0.3) is 0 Å². The molecule has 1 aromatic rings. The van der Waals surface area contributed by atoms with E-state index in [9.17, 15) is 10.2 Å². The largest absolute Gasteiger partial charge is 0.507 e. The minimum absolute atomic E-state index is 0.0167. The summed E-state index contributed by atoms with van der Waals surface area (Å²) in [4.78, 5) is 0. The summed E-state index contributed by atoms with van der Waals surface area (Å²) < 4.78 is 0. The Labute approximate surface area is 178 Å². The van der Waals surface area contributed by atoms with Gasteiger partial charge in [0.25, 0.3) is 0 Å². The van der Waals surface area contributed by atoms with Crippen LogP contribution in [-0.4, -0.2) is 10.2 Å². The fourth-order valence-electron chi connectivity index (χ4n) is 4.71. The molecule has 2 rings (SSSR count). The first-order chi connectivity index (χ1) is 13.9. The Kier molecular flexibility index (Phi) is 9.84. The molecule has 2 atom stereocenters. The minimum Gasteiger partial charge on any atom is -0.507 e. The van der Waals surface area contributed by atoms with Gasteiger partial charge in [-0.2, -0.15) is 0 Å². The molecule has 0 aliphatic heterocycles. The first-order valence-electron chi connectivity index (χ1n) is 11.8. The van der Waals surface area contributed by atoms with Crippen molar-refractivity contribution >= 4 is 0 Å². The van der Waals surface area contributed by atoms with E-state index in [2.05, 4.69) is 33.4 Å². The summed E-state index contributed by atoms with van der Waals surface area (Å²) in [5.74, 6) is 0.762. The maximum absolute atomic E-state index is 10.7. The average molecular weight is 399 g/mol. The lowest BCUT2D eigenvalue weighted by molar-refractivity contribution is 0.406. The van der Waals surface area contributed by atoms with Crippen LogP contribution in [0.2, 0.25) is 0 Å². The highest BCUT2D eigenvalue weighted by Gasteiger charge is 2.30. The molecule has 2 N–H and O–H groups in total. The van der Waals surface area contributed by atoms with E-state index < -0.39 is 0 Å². The Bertz CT molecular complexity index is 663. The summed E-state index contributed by atoms with van der Waals surface area (Å²) in [6, 6.07) is 3.74. The molecule has 0 spiro atoms. The van der Waals surface area contributed by atoms with Crippen LogP contribution in [0.5, 0.6) is 11.5 Å². The van der Waals surface area contributed by atoms with Gasteiger partial charge >= 0.3 is 0 Å². The summed E-state index contributed by atoms with van der Waals surface area (Å²) in [5, 5.41) is 21.5. The third kappa shape index (κ3) is 7.24. The van der Waals surface area contributed by atoms with E-state index >= 15 is 0 Å². The lowest BCUT2D eigenvalue weighted by atomic mass is 9.73. The molecule has 0 saturated heterocycles. The molecule has 0 saturated carbocycles. The highest BCUT2D eigenvalue weighted by Crippen LogP contribution is 2.46. The zero-order valence-electron chi connectivity index (χ0n) is 19.0. The summed E-state index contributed by atoms with van der Waals surface area (Å²) in [6.45, 7) is 10.6. The Morgan fingerprint density at radius 3 is 2.07 bits per heavy atom. The van der Waals surface area contributed by atoms with Crippen molar-refractivity contribution in [3.8, 4) is 11.5 Å². The summed E-state index contributed by atoms with van der Waals surface area (Å²) in [6.07, 6.45) is 16.9. The molecule has 29 heavy (non-hydrogen) atoms. The maximum Gasteiger partial charge on any atom is 0.123 e. The summed E-state index contributed by atoms with van der Waals surface area (Å²) in [7, 11) is 0. The highest BCUT2D eigenvalue weighted by molar-refractivity contribution is 5.51. The third-order valence-electron chi connectivity index (χ3n) is 6.48. The molecule has 1 aromatic carbocycles. The van der Waals surface area contributed by atoms with Gasteiger partial charge in [-0.3, -0.25) is 0 Å². The quantitative estimate of drug-likeness (QED) is 0.275. The number of hydrogen-bond donors (Lipinski definition) is 2. The maximum atomic E-state index is 10.7. The number of hydrogen-bond acceptors (Lipinski definition) is 2. The van der Waals surface area contributed by atoms with E-state index in [0.717, 1.165) is 36.8 Å². The lowest BCUT2D eigenvalue weighted by Crippen LogP contribution is -2.17. The highest BCUT2D eigenvalue weighted by atomic mass is 16.3. The van der Waals surface area contributed by atoms with Gasteiger partial charge in [-0.1, -0.05) is 82.1 Å². The zero-order chi connectivity index (χ0) is 21.2. The topological polar surface area (TPSA) is 40.5 Å². The van der Waals surface area contributed by atoms with Gasteiger partial charge in [0.15, 0.2) is 0 Å². The van der Waals surface area contributed by atoms with Crippen molar-refractivity contribution in [1.82, 2.24) is 0 Å². The van der Waals surface area contributed by atoms with Crippen LogP contribution in [0, 0.1) is 5.92 Å². The van der Waals surface area contributed by atoms with Crippen LogP contribution in [0.4, 0.5) is 0 Å². The van der Waals surface area contributed by atoms with Crippen LogP contribution in [0.3, 0.4) is 0 Å². The van der Waals surface area contributed by atoms with Crippen molar-refractivity contribution in [1.29, 1.82) is 0 Å². The number of phenolic OH excluding ortho intramolecular Hbond substituents is 2. The van der Waals surface area contributed by atoms with Crippen LogP contribution < -0.4 is 0 Å². The molecule has 0 radical (unpaired) electrons. The van der Waals surface area contributed by atoms with Gasteiger partial charge in [-0.25, -0.2) is 0 Å². The van der Waals surface area contributed by atoms with E-state index in [-0.39, 0.29) is 23.3 Å². The molecular weight excluding hydrogens is 356 g/mol. The van der Waals surface area contributed by atoms with Gasteiger partial charge in [0.1, 0.15) is 11.5 Å². The van der Waals surface area contributed by atoms with Crippen molar-refractivity contribution in [3.63, 3.8) is 0 Å². The Morgan fingerprint density at radius 1 is 0.966 bits per heavy atom. The van der Waals surface area contributed by atoms with Crippen molar-refractivity contribution in [2.24, 2.45) is 5.92 Å². The van der Waals surface area contributed by atoms with Gasteiger partial charge in [0.2, 0.25) is 0 Å². The zero-order valence-corrected chi connectivity index (χ0v) is 19.0. The molecule has 0 fully saturated rings. The second-order valence-electron chi connectivity index (χ2n) is 9.16. The lowest BCUT2D eigenvalue weighted by Gasteiger charge is -2.31. The standard InChI is InChI=1S/C27H42O2/c1-5-6-7-8-9-10-11-12-13-14-22-18-25(28)27(26(29)19-22)24-17-21(4)15-16-23(24)20(2)3/h17-19,23-24,28-29H,2,5-16H2,1,3-4H3/t23-,24+/m0/s1. The number of phenols is 2. The minimum atomic E-state index is 0.0167. The van der Waals surface area contributed by atoms with Gasteiger partial charge in [-0.05, 0) is 63.1 Å². The van der Waals surface area contributed by atoms with Crippen molar-refractivity contribution < 1.29 is 10.2 Å². The molecule has 0 amide bonds. The fourth-order valence-corrected chi connectivity index (χ4v) is 4.71. The van der Waals surface area contributed by atoms with E-state index in [4.69, 9.17) is 0 Å². The number of aryl methyl sites for hydroxylation is 1. The molecule has 2 nitrogen and oxygen atoms in total. The third-order valence-corrected chi connectivity index (χ3v) is 6.48. The second-order valence-corrected chi connectivity index (χ2v) is 9.16. The van der Waals surface area contributed by atoms with Crippen molar-refractivity contribution in [3.05, 3.63) is 47.1 Å². The van der Waals surface area contributed by atoms with Crippen LogP contribution >= 0.6 is 0 Å². The SMILES string of the molecule is C=C(C)[C@@H]1CCC(C)=C[C@H]1c1c(O)cc(CCCCCCCCCCC)cc1O. The van der Waals surface area contributed by atoms with E-state index in [1.165, 1.54) is 56.9 Å². The molecular formula is C27H42O2. The average Bonchev–Trinajstić information content (AvgIpc) is 2.66. The molecule has 0 heterocycles. The van der Waals surface area contributed by atoms with Crippen LogP contribution in [0.1, 0.15) is 108 Å². The van der Waals surface area contributed by atoms with E-state index in [1.807, 2.05) is 12.1 Å². The smallest absolute Gasteiger partial charge is 0.123 e. The summed E-state index contributed by atoms with van der Waals surface area (Å²) >= 11 is 0. The Balaban J connectivity index is 1.90. The van der Waals surface area contributed by atoms with Gasteiger partial charge in [0.05, 0.1) is 0 Å².